The first-order valence-electron chi connectivity index (χ1n) is 7.13. The summed E-state index contributed by atoms with van der Waals surface area (Å²) in [6, 6.07) is 0.472. The summed E-state index contributed by atoms with van der Waals surface area (Å²) in [6.07, 6.45) is 4.39. The Hall–Kier alpha value is -0.570. The molecule has 1 rings (SSSR count). The van der Waals surface area contributed by atoms with Gasteiger partial charge in [-0.2, -0.15) is 0 Å². The van der Waals surface area contributed by atoms with Crippen molar-refractivity contribution in [3.8, 4) is 0 Å². The molecule has 1 heterocycles. The van der Waals surface area contributed by atoms with Crippen molar-refractivity contribution in [2.75, 3.05) is 13.1 Å². The molecule has 1 aliphatic heterocycles. The van der Waals surface area contributed by atoms with Crippen molar-refractivity contribution in [3.63, 3.8) is 0 Å². The van der Waals surface area contributed by atoms with Crippen molar-refractivity contribution in [1.82, 2.24) is 10.2 Å². The van der Waals surface area contributed by atoms with Crippen molar-refractivity contribution in [2.24, 2.45) is 5.92 Å². The molecular weight excluding hydrogens is 212 g/mol. The van der Waals surface area contributed by atoms with Crippen LogP contribution in [0.2, 0.25) is 0 Å². The minimum atomic E-state index is 0.0781. The summed E-state index contributed by atoms with van der Waals surface area (Å²) in [5.74, 6) is 1.02. The maximum absolute atomic E-state index is 12.2. The second kappa shape index (κ2) is 7.00. The predicted octanol–water partition coefficient (Wildman–Crippen LogP) is 2.41. The van der Waals surface area contributed by atoms with Gasteiger partial charge in [-0.15, -0.1) is 0 Å². The predicted molar refractivity (Wildman–Crippen MR) is 71.9 cm³/mol. The molecule has 0 bridgehead atoms. The lowest BCUT2D eigenvalue weighted by Gasteiger charge is -2.27. The second-order valence-electron chi connectivity index (χ2n) is 5.43. The van der Waals surface area contributed by atoms with Gasteiger partial charge in [-0.05, 0) is 38.6 Å². The minimum Gasteiger partial charge on any atom is -0.339 e. The van der Waals surface area contributed by atoms with Gasteiger partial charge in [0.25, 0.3) is 0 Å². The highest BCUT2D eigenvalue weighted by Crippen LogP contribution is 2.20. The van der Waals surface area contributed by atoms with Crippen LogP contribution < -0.4 is 5.32 Å². The largest absolute Gasteiger partial charge is 0.339 e. The van der Waals surface area contributed by atoms with Gasteiger partial charge < -0.3 is 10.2 Å². The normalized spacial score (nSPS) is 24.1. The summed E-state index contributed by atoms with van der Waals surface area (Å²) < 4.78 is 0. The van der Waals surface area contributed by atoms with Crippen molar-refractivity contribution in [2.45, 2.75) is 65.5 Å². The van der Waals surface area contributed by atoms with E-state index >= 15 is 0 Å². The van der Waals surface area contributed by atoms with Crippen LogP contribution in [0.25, 0.3) is 0 Å². The summed E-state index contributed by atoms with van der Waals surface area (Å²) in [6.45, 7) is 10.7. The molecule has 0 saturated carbocycles. The molecule has 1 aliphatic rings. The molecule has 1 N–H and O–H groups in total. The number of rotatable bonds is 7. The molecule has 1 fully saturated rings. The molecule has 3 atom stereocenters. The van der Waals surface area contributed by atoms with E-state index in [1.54, 1.807) is 0 Å². The average Bonchev–Trinajstić information content (AvgIpc) is 2.67. The molecule has 0 spiro atoms. The molecule has 0 aromatic carbocycles. The highest BCUT2D eigenvalue weighted by Gasteiger charge is 2.33. The average molecular weight is 240 g/mol. The zero-order chi connectivity index (χ0) is 12.8. The molecule has 1 amide bonds. The van der Waals surface area contributed by atoms with Gasteiger partial charge in [-0.3, -0.25) is 4.79 Å². The van der Waals surface area contributed by atoms with Crippen LogP contribution in [0.1, 0.15) is 53.4 Å². The maximum Gasteiger partial charge on any atom is 0.240 e. The van der Waals surface area contributed by atoms with E-state index in [2.05, 4.69) is 37.9 Å². The zero-order valence-electron chi connectivity index (χ0n) is 11.8. The third-order valence-corrected chi connectivity index (χ3v) is 3.85. The minimum absolute atomic E-state index is 0.0781. The number of hydrogen-bond donors (Lipinski definition) is 1. The Labute approximate surface area is 106 Å². The van der Waals surface area contributed by atoms with Gasteiger partial charge in [0, 0.05) is 12.6 Å². The summed E-state index contributed by atoms with van der Waals surface area (Å²) in [7, 11) is 0. The fraction of sp³-hybridized carbons (Fsp3) is 0.929. The van der Waals surface area contributed by atoms with E-state index in [4.69, 9.17) is 0 Å². The van der Waals surface area contributed by atoms with Crippen molar-refractivity contribution >= 4 is 5.91 Å². The molecule has 100 valence electrons. The van der Waals surface area contributed by atoms with Gasteiger partial charge in [-0.1, -0.05) is 27.2 Å². The van der Waals surface area contributed by atoms with Crippen LogP contribution in [0.15, 0.2) is 0 Å². The highest BCUT2D eigenvalue weighted by molar-refractivity contribution is 5.84. The van der Waals surface area contributed by atoms with Crippen LogP contribution in [0, 0.1) is 5.92 Å². The summed E-state index contributed by atoms with van der Waals surface area (Å²) in [5, 5.41) is 3.34. The topological polar surface area (TPSA) is 32.3 Å². The SMILES string of the molecule is CCCNC1CCN(C(C)CC(C)CC)C1=O. The Morgan fingerprint density at radius 1 is 1.41 bits per heavy atom. The molecule has 1 saturated heterocycles. The lowest BCUT2D eigenvalue weighted by atomic mass is 9.99. The number of carbonyl (C=O) groups excluding carboxylic acids is 1. The molecule has 3 nitrogen and oxygen atoms in total. The summed E-state index contributed by atoms with van der Waals surface area (Å²) in [4.78, 5) is 14.3. The van der Waals surface area contributed by atoms with Gasteiger partial charge in [0.1, 0.15) is 0 Å². The van der Waals surface area contributed by atoms with Crippen molar-refractivity contribution in [1.29, 1.82) is 0 Å². The summed E-state index contributed by atoms with van der Waals surface area (Å²) in [5.41, 5.74) is 0. The van der Waals surface area contributed by atoms with Crippen molar-refractivity contribution in [3.05, 3.63) is 0 Å². The zero-order valence-corrected chi connectivity index (χ0v) is 11.8. The monoisotopic (exact) mass is 240 g/mol. The molecule has 3 unspecified atom stereocenters. The third kappa shape index (κ3) is 3.98. The molecule has 3 heteroatoms. The van der Waals surface area contributed by atoms with Crippen LogP contribution in [-0.2, 0) is 4.79 Å². The molecule has 0 aliphatic carbocycles. The fourth-order valence-electron chi connectivity index (χ4n) is 2.52. The van der Waals surface area contributed by atoms with Crippen LogP contribution in [0.5, 0.6) is 0 Å². The number of nitrogens with zero attached hydrogens (tertiary/aromatic N) is 1. The Bertz CT molecular complexity index is 242. The van der Waals surface area contributed by atoms with Crippen LogP contribution in [0.4, 0.5) is 0 Å². The van der Waals surface area contributed by atoms with E-state index in [0.29, 0.717) is 17.9 Å². The number of likely N-dealkylation sites (tertiary alicyclic amines) is 1. The Kier molecular flexibility index (Phi) is 5.96. The molecule has 0 aromatic heterocycles. The number of nitrogens with one attached hydrogen (secondary N) is 1. The van der Waals surface area contributed by atoms with E-state index < -0.39 is 0 Å². The van der Waals surface area contributed by atoms with Gasteiger partial charge in [0.2, 0.25) is 5.91 Å². The van der Waals surface area contributed by atoms with Gasteiger partial charge in [0.15, 0.2) is 0 Å². The smallest absolute Gasteiger partial charge is 0.240 e. The first-order valence-corrected chi connectivity index (χ1v) is 7.13. The quantitative estimate of drug-likeness (QED) is 0.741. The van der Waals surface area contributed by atoms with Crippen LogP contribution in [0.3, 0.4) is 0 Å². The second-order valence-corrected chi connectivity index (χ2v) is 5.43. The van der Waals surface area contributed by atoms with Crippen LogP contribution in [-0.4, -0.2) is 36.0 Å². The van der Waals surface area contributed by atoms with E-state index in [0.717, 1.165) is 32.4 Å². The summed E-state index contributed by atoms with van der Waals surface area (Å²) >= 11 is 0. The molecular formula is C14H28N2O. The number of hydrogen-bond acceptors (Lipinski definition) is 2. The maximum atomic E-state index is 12.2. The Morgan fingerprint density at radius 3 is 2.71 bits per heavy atom. The first-order chi connectivity index (χ1) is 8.10. The van der Waals surface area contributed by atoms with E-state index in [-0.39, 0.29) is 6.04 Å². The van der Waals surface area contributed by atoms with Gasteiger partial charge in [0.05, 0.1) is 6.04 Å². The third-order valence-electron chi connectivity index (χ3n) is 3.85. The van der Waals surface area contributed by atoms with Crippen molar-refractivity contribution < 1.29 is 4.79 Å². The Morgan fingerprint density at radius 2 is 2.12 bits per heavy atom. The molecule has 0 aromatic rings. The lowest BCUT2D eigenvalue weighted by Crippen LogP contribution is -2.42. The van der Waals surface area contributed by atoms with Crippen LogP contribution >= 0.6 is 0 Å². The highest BCUT2D eigenvalue weighted by atomic mass is 16.2. The lowest BCUT2D eigenvalue weighted by molar-refractivity contribution is -0.131. The van der Waals surface area contributed by atoms with E-state index in [9.17, 15) is 4.79 Å². The first kappa shape index (κ1) is 14.5. The van der Waals surface area contributed by atoms with Gasteiger partial charge in [-0.25, -0.2) is 0 Å². The van der Waals surface area contributed by atoms with E-state index in [1.807, 2.05) is 0 Å². The van der Waals surface area contributed by atoms with Gasteiger partial charge >= 0.3 is 0 Å². The fourth-order valence-corrected chi connectivity index (χ4v) is 2.52. The van der Waals surface area contributed by atoms with E-state index in [1.165, 1.54) is 6.42 Å². The molecule has 17 heavy (non-hydrogen) atoms. The molecule has 0 radical (unpaired) electrons. The number of amides is 1. The Balaban J connectivity index is 2.43. The number of carbonyl (C=O) groups is 1. The standard InChI is InChI=1S/C14H28N2O/c1-5-8-15-13-7-9-16(14(13)17)12(4)10-11(3)6-2/h11-13,15H,5-10H2,1-4H3.